The largest absolute Gasteiger partial charge is 0.504 e. The normalized spacial score (nSPS) is 20.4. The van der Waals surface area contributed by atoms with Crippen LogP contribution < -0.4 is 9.47 Å². The molecule has 4 N–H and O–H groups in total. The van der Waals surface area contributed by atoms with Crippen molar-refractivity contribution in [3.05, 3.63) is 47.0 Å². The van der Waals surface area contributed by atoms with E-state index in [0.29, 0.717) is 16.7 Å². The van der Waals surface area contributed by atoms with Crippen LogP contribution in [-0.2, 0) is 9.59 Å². The molecule has 0 saturated carbocycles. The Bertz CT molecular complexity index is 936. The summed E-state index contributed by atoms with van der Waals surface area (Å²) in [6, 6.07) is 7.37. The molecule has 0 amide bonds. The van der Waals surface area contributed by atoms with Crippen molar-refractivity contribution in [3.8, 4) is 23.0 Å². The molecule has 0 aromatic heterocycles. The van der Waals surface area contributed by atoms with Gasteiger partial charge in [-0.05, 0) is 41.0 Å². The number of carboxylic acids is 2. The Morgan fingerprint density at radius 3 is 2.14 bits per heavy atom. The number of carbonyl (C=O) groups is 2. The van der Waals surface area contributed by atoms with Gasteiger partial charge in [-0.15, -0.1) is 0 Å². The predicted molar refractivity (Wildman–Crippen MR) is 97.3 cm³/mol. The quantitative estimate of drug-likeness (QED) is 0.593. The monoisotopic (exact) mass is 388 g/mol. The topological polar surface area (TPSA) is 134 Å². The molecular weight excluding hydrogens is 368 g/mol. The number of phenols is 2. The van der Waals surface area contributed by atoms with Crippen LogP contribution in [0.3, 0.4) is 0 Å². The van der Waals surface area contributed by atoms with E-state index in [2.05, 4.69) is 0 Å². The van der Waals surface area contributed by atoms with Crippen molar-refractivity contribution in [2.75, 3.05) is 14.2 Å². The number of phenolic OH excluding ortho intramolecular Hbond substituents is 2. The summed E-state index contributed by atoms with van der Waals surface area (Å²) in [5.74, 6) is -4.87. The van der Waals surface area contributed by atoms with Crippen LogP contribution in [0, 0.1) is 5.92 Å². The lowest BCUT2D eigenvalue weighted by Crippen LogP contribution is -2.24. The van der Waals surface area contributed by atoms with Gasteiger partial charge in [-0.25, -0.2) is 0 Å². The Hall–Kier alpha value is -3.42. The van der Waals surface area contributed by atoms with Crippen molar-refractivity contribution < 1.29 is 39.5 Å². The van der Waals surface area contributed by atoms with E-state index < -0.39 is 29.7 Å². The number of aliphatic carboxylic acids is 2. The molecule has 0 bridgehead atoms. The molecule has 8 nitrogen and oxygen atoms in total. The fourth-order valence-electron chi connectivity index (χ4n) is 3.99. The van der Waals surface area contributed by atoms with E-state index in [9.17, 15) is 30.0 Å². The van der Waals surface area contributed by atoms with E-state index in [1.165, 1.54) is 38.5 Å². The first kappa shape index (κ1) is 19.3. The van der Waals surface area contributed by atoms with Gasteiger partial charge in [0.05, 0.1) is 26.6 Å². The van der Waals surface area contributed by atoms with Crippen LogP contribution >= 0.6 is 0 Å². The highest BCUT2D eigenvalue weighted by Gasteiger charge is 2.47. The Balaban J connectivity index is 2.25. The molecule has 3 rings (SSSR count). The third-order valence-corrected chi connectivity index (χ3v) is 5.15. The van der Waals surface area contributed by atoms with Crippen LogP contribution in [0.2, 0.25) is 0 Å². The number of methoxy groups -OCH3 is 2. The standard InChI is InChI=1S/C20H20O8/c1-27-15-5-9(3-4-13(15)21)18-11-6-14(22)16(28-2)7-10(11)12(8-17(23)24)19(18)20(25)26/h3-7,12,18-19,21-22H,8H2,1-2H3,(H,23,24)(H,25,26). The summed E-state index contributed by atoms with van der Waals surface area (Å²) in [7, 11) is 2.74. The molecule has 28 heavy (non-hydrogen) atoms. The van der Waals surface area contributed by atoms with Crippen LogP contribution in [0.25, 0.3) is 0 Å². The maximum atomic E-state index is 12.1. The Morgan fingerprint density at radius 2 is 1.57 bits per heavy atom. The third kappa shape index (κ3) is 3.17. The molecule has 2 aromatic rings. The van der Waals surface area contributed by atoms with Crippen LogP contribution in [0.5, 0.6) is 23.0 Å². The van der Waals surface area contributed by atoms with Gasteiger partial charge in [0, 0.05) is 11.8 Å². The minimum atomic E-state index is -1.15. The van der Waals surface area contributed by atoms with E-state index in [4.69, 9.17) is 9.47 Å². The smallest absolute Gasteiger partial charge is 0.308 e. The first-order chi connectivity index (χ1) is 13.3. The fraction of sp³-hybridized carbons (Fsp3) is 0.300. The summed E-state index contributed by atoms with van der Waals surface area (Å²) < 4.78 is 10.2. The van der Waals surface area contributed by atoms with E-state index in [0.717, 1.165) is 0 Å². The number of benzene rings is 2. The first-order valence-electron chi connectivity index (χ1n) is 8.50. The Morgan fingerprint density at radius 1 is 0.929 bits per heavy atom. The van der Waals surface area contributed by atoms with Crippen molar-refractivity contribution in [1.82, 2.24) is 0 Å². The summed E-state index contributed by atoms with van der Waals surface area (Å²) in [6.45, 7) is 0. The number of ether oxygens (including phenoxy) is 2. The Labute approximate surface area is 160 Å². The number of aromatic hydroxyl groups is 2. The van der Waals surface area contributed by atoms with E-state index in [-0.39, 0.29) is 29.4 Å². The highest BCUT2D eigenvalue weighted by atomic mass is 16.5. The van der Waals surface area contributed by atoms with Crippen LogP contribution in [0.15, 0.2) is 30.3 Å². The average molecular weight is 388 g/mol. The summed E-state index contributed by atoms with van der Waals surface area (Å²) >= 11 is 0. The van der Waals surface area contributed by atoms with Gasteiger partial charge in [0.15, 0.2) is 23.0 Å². The minimum absolute atomic E-state index is 0.101. The second-order valence-electron chi connectivity index (χ2n) is 6.63. The van der Waals surface area contributed by atoms with Gasteiger partial charge in [-0.1, -0.05) is 6.07 Å². The van der Waals surface area contributed by atoms with Crippen LogP contribution in [0.1, 0.15) is 34.9 Å². The highest BCUT2D eigenvalue weighted by Crippen LogP contribution is 2.54. The molecule has 1 aliphatic carbocycles. The SMILES string of the molecule is COc1cc(C2c3cc(O)c(OC)cc3C(CC(=O)O)C2C(=O)O)ccc1O. The maximum absolute atomic E-state index is 12.1. The zero-order valence-electron chi connectivity index (χ0n) is 15.2. The van der Waals surface area contributed by atoms with Crippen LogP contribution in [-0.4, -0.2) is 46.6 Å². The molecule has 0 aliphatic heterocycles. The average Bonchev–Trinajstić information content (AvgIpc) is 2.94. The van der Waals surface area contributed by atoms with Gasteiger partial charge in [0.2, 0.25) is 0 Å². The second-order valence-corrected chi connectivity index (χ2v) is 6.63. The molecule has 0 spiro atoms. The van der Waals surface area contributed by atoms with Gasteiger partial charge in [0.25, 0.3) is 0 Å². The van der Waals surface area contributed by atoms with Gasteiger partial charge >= 0.3 is 11.9 Å². The van der Waals surface area contributed by atoms with Crippen LogP contribution in [0.4, 0.5) is 0 Å². The first-order valence-corrected chi connectivity index (χ1v) is 8.50. The van der Waals surface area contributed by atoms with Crippen molar-refractivity contribution in [2.24, 2.45) is 5.92 Å². The number of carboxylic acid groups (broad SMARTS) is 2. The number of hydrogen-bond acceptors (Lipinski definition) is 6. The van der Waals surface area contributed by atoms with E-state index in [1.54, 1.807) is 6.07 Å². The van der Waals surface area contributed by atoms with Crippen molar-refractivity contribution in [1.29, 1.82) is 0 Å². The van der Waals surface area contributed by atoms with E-state index in [1.807, 2.05) is 0 Å². The van der Waals surface area contributed by atoms with Gasteiger partial charge in [0.1, 0.15) is 0 Å². The molecule has 8 heteroatoms. The Kier molecular flexibility index (Phi) is 5.04. The second kappa shape index (κ2) is 7.30. The molecular formula is C20H20O8. The highest BCUT2D eigenvalue weighted by molar-refractivity contribution is 5.79. The molecule has 148 valence electrons. The minimum Gasteiger partial charge on any atom is -0.504 e. The van der Waals surface area contributed by atoms with Crippen molar-refractivity contribution >= 4 is 11.9 Å². The molecule has 3 atom stereocenters. The summed E-state index contributed by atoms with van der Waals surface area (Å²) in [5, 5.41) is 39.3. The van der Waals surface area contributed by atoms with Crippen molar-refractivity contribution in [2.45, 2.75) is 18.3 Å². The lowest BCUT2D eigenvalue weighted by atomic mass is 9.81. The lowest BCUT2D eigenvalue weighted by molar-refractivity contribution is -0.143. The van der Waals surface area contributed by atoms with Gasteiger partial charge in [-0.3, -0.25) is 9.59 Å². The van der Waals surface area contributed by atoms with Crippen molar-refractivity contribution in [3.63, 3.8) is 0 Å². The molecule has 3 unspecified atom stereocenters. The molecule has 2 aromatic carbocycles. The lowest BCUT2D eigenvalue weighted by Gasteiger charge is -2.22. The predicted octanol–water partition coefficient (Wildman–Crippen LogP) is 2.52. The summed E-state index contributed by atoms with van der Waals surface area (Å²) in [4.78, 5) is 23.6. The van der Waals surface area contributed by atoms with Gasteiger partial charge < -0.3 is 29.9 Å². The van der Waals surface area contributed by atoms with Gasteiger partial charge in [-0.2, -0.15) is 0 Å². The molecule has 0 saturated heterocycles. The summed E-state index contributed by atoms with van der Waals surface area (Å²) in [6.07, 6.45) is -0.385. The molecule has 0 heterocycles. The number of hydrogen-bond donors (Lipinski definition) is 4. The number of fused-ring (bicyclic) bond motifs is 1. The third-order valence-electron chi connectivity index (χ3n) is 5.15. The van der Waals surface area contributed by atoms with E-state index >= 15 is 0 Å². The zero-order chi connectivity index (χ0) is 20.6. The fourth-order valence-corrected chi connectivity index (χ4v) is 3.99. The zero-order valence-corrected chi connectivity index (χ0v) is 15.2. The molecule has 0 fully saturated rings. The summed E-state index contributed by atoms with van der Waals surface area (Å²) in [5.41, 5.74) is 1.53. The molecule has 1 aliphatic rings. The maximum Gasteiger partial charge on any atom is 0.308 e. The molecule has 0 radical (unpaired) electrons. The number of rotatable bonds is 6.